The van der Waals surface area contributed by atoms with Gasteiger partial charge in [0.05, 0.1) is 0 Å². The Bertz CT molecular complexity index is 591. The molecule has 0 aliphatic rings. The Morgan fingerprint density at radius 1 is 1.22 bits per heavy atom. The van der Waals surface area contributed by atoms with Gasteiger partial charge in [-0.1, -0.05) is 0 Å². The van der Waals surface area contributed by atoms with Gasteiger partial charge in [-0.2, -0.15) is 0 Å². The number of carbonyl (C=O) groups excluding carboxylic acids is 1. The zero-order chi connectivity index (χ0) is 13.3. The third-order valence-electron chi connectivity index (χ3n) is 1.97. The summed E-state index contributed by atoms with van der Waals surface area (Å²) in [5, 5.41) is 8.41. The summed E-state index contributed by atoms with van der Waals surface area (Å²) in [7, 11) is 0. The van der Waals surface area contributed by atoms with Crippen LogP contribution in [-0.4, -0.2) is 16.2 Å². The minimum Gasteiger partial charge on any atom is -0.379 e. The molecule has 94 valence electrons. The van der Waals surface area contributed by atoms with Gasteiger partial charge in [-0.25, -0.2) is 17.8 Å². The molecule has 1 amide bonds. The van der Waals surface area contributed by atoms with Crippen molar-refractivity contribution in [3.05, 3.63) is 35.3 Å². The number of nitrogens with one attached hydrogen (secondary N) is 1. The van der Waals surface area contributed by atoms with Crippen LogP contribution in [0.5, 0.6) is 0 Å². The highest BCUT2D eigenvalue weighted by Crippen LogP contribution is 2.18. The summed E-state index contributed by atoms with van der Waals surface area (Å²) in [5.74, 6) is -5.67. The fraction of sp³-hybridized carbons (Fsp3) is 0. The lowest BCUT2D eigenvalue weighted by Crippen LogP contribution is -2.14. The van der Waals surface area contributed by atoms with Crippen molar-refractivity contribution in [2.45, 2.75) is 0 Å². The molecule has 9 heteroatoms. The molecular weight excluding hydrogens is 253 g/mol. The van der Waals surface area contributed by atoms with E-state index in [2.05, 4.69) is 20.3 Å². The van der Waals surface area contributed by atoms with Crippen LogP contribution in [0.25, 0.3) is 0 Å². The SMILES string of the molecule is Nc1nonc1C(=O)Nc1cc(F)c(F)c(F)c1. The van der Waals surface area contributed by atoms with E-state index in [4.69, 9.17) is 5.73 Å². The molecule has 0 aliphatic heterocycles. The van der Waals surface area contributed by atoms with Crippen LogP contribution in [0, 0.1) is 17.5 Å². The highest BCUT2D eigenvalue weighted by Gasteiger charge is 2.18. The van der Waals surface area contributed by atoms with Crippen molar-refractivity contribution in [3.63, 3.8) is 0 Å². The summed E-state index contributed by atoms with van der Waals surface area (Å²) in [4.78, 5) is 11.5. The third kappa shape index (κ3) is 2.10. The van der Waals surface area contributed by atoms with Crippen LogP contribution in [0.15, 0.2) is 16.8 Å². The summed E-state index contributed by atoms with van der Waals surface area (Å²) in [6.07, 6.45) is 0. The zero-order valence-corrected chi connectivity index (χ0v) is 8.58. The van der Waals surface area contributed by atoms with E-state index in [0.29, 0.717) is 12.1 Å². The Hall–Kier alpha value is -2.58. The van der Waals surface area contributed by atoms with Crippen LogP contribution in [-0.2, 0) is 0 Å². The minimum absolute atomic E-state index is 0.282. The summed E-state index contributed by atoms with van der Waals surface area (Å²) in [5.41, 5.74) is 4.60. The third-order valence-corrected chi connectivity index (χ3v) is 1.97. The second kappa shape index (κ2) is 4.35. The largest absolute Gasteiger partial charge is 0.379 e. The number of nitrogens with zero attached hydrogens (tertiary/aromatic N) is 2. The number of benzene rings is 1. The van der Waals surface area contributed by atoms with Gasteiger partial charge in [0.15, 0.2) is 17.5 Å². The fourth-order valence-electron chi connectivity index (χ4n) is 1.17. The number of aromatic nitrogens is 2. The van der Waals surface area contributed by atoms with Crippen LogP contribution in [0.2, 0.25) is 0 Å². The Morgan fingerprint density at radius 2 is 1.83 bits per heavy atom. The molecule has 1 aromatic carbocycles. The number of anilines is 2. The van der Waals surface area contributed by atoms with Crippen LogP contribution >= 0.6 is 0 Å². The maximum Gasteiger partial charge on any atom is 0.281 e. The lowest BCUT2D eigenvalue weighted by molar-refractivity contribution is 0.101. The number of hydrogen-bond acceptors (Lipinski definition) is 5. The van der Waals surface area contributed by atoms with Gasteiger partial charge in [0.25, 0.3) is 5.91 Å². The van der Waals surface area contributed by atoms with Crippen molar-refractivity contribution in [1.82, 2.24) is 10.3 Å². The molecule has 0 fully saturated rings. The molecule has 2 rings (SSSR count). The van der Waals surface area contributed by atoms with E-state index in [9.17, 15) is 18.0 Å². The van der Waals surface area contributed by atoms with Gasteiger partial charge in [-0.3, -0.25) is 4.79 Å². The first-order chi connectivity index (χ1) is 8.49. The molecule has 0 bridgehead atoms. The monoisotopic (exact) mass is 258 g/mol. The Kier molecular flexibility index (Phi) is 2.88. The van der Waals surface area contributed by atoms with Crippen molar-refractivity contribution in [2.75, 3.05) is 11.1 Å². The molecule has 0 spiro atoms. The van der Waals surface area contributed by atoms with Gasteiger partial charge >= 0.3 is 0 Å². The van der Waals surface area contributed by atoms with E-state index < -0.39 is 23.4 Å². The molecule has 6 nitrogen and oxygen atoms in total. The number of rotatable bonds is 2. The molecule has 0 saturated carbocycles. The standard InChI is InChI=1S/C9H5F3N4O2/c10-4-1-3(2-5(11)6(4)12)14-9(17)7-8(13)16-18-15-7/h1-2H,(H2,13,16)(H,14,17). The maximum atomic E-state index is 12.9. The van der Waals surface area contributed by atoms with Crippen LogP contribution in [0.4, 0.5) is 24.7 Å². The van der Waals surface area contributed by atoms with Crippen LogP contribution in [0.3, 0.4) is 0 Å². The number of carbonyl (C=O) groups is 1. The van der Waals surface area contributed by atoms with E-state index >= 15 is 0 Å². The van der Waals surface area contributed by atoms with Crippen molar-refractivity contribution in [1.29, 1.82) is 0 Å². The van der Waals surface area contributed by atoms with Crippen LogP contribution in [0.1, 0.15) is 10.5 Å². The predicted octanol–water partition coefficient (Wildman–Crippen LogP) is 1.32. The molecule has 3 N–H and O–H groups in total. The Labute approximate surface area is 97.5 Å². The number of hydrogen-bond donors (Lipinski definition) is 2. The number of nitrogens with two attached hydrogens (primary N) is 1. The number of halogens is 3. The molecule has 1 heterocycles. The predicted molar refractivity (Wildman–Crippen MR) is 53.0 cm³/mol. The van der Waals surface area contributed by atoms with E-state index in [1.807, 2.05) is 0 Å². The Balaban J connectivity index is 2.25. The topological polar surface area (TPSA) is 94.0 Å². The van der Waals surface area contributed by atoms with Gasteiger partial charge in [0, 0.05) is 17.8 Å². The molecule has 0 saturated heterocycles. The van der Waals surface area contributed by atoms with E-state index in [-0.39, 0.29) is 17.2 Å². The summed E-state index contributed by atoms with van der Waals surface area (Å²) in [6, 6.07) is 1.22. The molecule has 2 aromatic rings. The smallest absolute Gasteiger partial charge is 0.281 e. The van der Waals surface area contributed by atoms with E-state index in [1.165, 1.54) is 0 Å². The quantitative estimate of drug-likeness (QED) is 0.792. The van der Waals surface area contributed by atoms with Crippen molar-refractivity contribution >= 4 is 17.4 Å². The highest BCUT2D eigenvalue weighted by molar-refractivity contribution is 6.05. The van der Waals surface area contributed by atoms with Gasteiger partial charge < -0.3 is 11.1 Å². The van der Waals surface area contributed by atoms with Gasteiger partial charge in [0.2, 0.25) is 11.5 Å². The molecular formula is C9H5F3N4O2. The van der Waals surface area contributed by atoms with Crippen LogP contribution < -0.4 is 11.1 Å². The number of amides is 1. The average Bonchev–Trinajstić information content (AvgIpc) is 2.72. The molecule has 0 atom stereocenters. The summed E-state index contributed by atoms with van der Waals surface area (Å²) >= 11 is 0. The van der Waals surface area contributed by atoms with Crippen molar-refractivity contribution < 1.29 is 22.6 Å². The first-order valence-electron chi connectivity index (χ1n) is 4.53. The summed E-state index contributed by atoms with van der Waals surface area (Å²) < 4.78 is 42.6. The lowest BCUT2D eigenvalue weighted by Gasteiger charge is -2.04. The molecule has 18 heavy (non-hydrogen) atoms. The maximum absolute atomic E-state index is 12.9. The molecule has 0 radical (unpaired) electrons. The normalized spacial score (nSPS) is 10.4. The average molecular weight is 258 g/mol. The summed E-state index contributed by atoms with van der Waals surface area (Å²) in [6.45, 7) is 0. The Morgan fingerprint density at radius 3 is 2.33 bits per heavy atom. The van der Waals surface area contributed by atoms with Crippen molar-refractivity contribution in [3.8, 4) is 0 Å². The van der Waals surface area contributed by atoms with Gasteiger partial charge in [-0.05, 0) is 10.3 Å². The van der Waals surface area contributed by atoms with E-state index in [1.54, 1.807) is 0 Å². The fourth-order valence-corrected chi connectivity index (χ4v) is 1.17. The van der Waals surface area contributed by atoms with Gasteiger partial charge in [0.1, 0.15) is 0 Å². The molecule has 0 aliphatic carbocycles. The second-order valence-corrected chi connectivity index (χ2v) is 3.21. The zero-order valence-electron chi connectivity index (χ0n) is 8.58. The first-order valence-corrected chi connectivity index (χ1v) is 4.53. The second-order valence-electron chi connectivity index (χ2n) is 3.21. The molecule has 1 aromatic heterocycles. The molecule has 0 unspecified atom stereocenters. The van der Waals surface area contributed by atoms with E-state index in [0.717, 1.165) is 0 Å². The lowest BCUT2D eigenvalue weighted by atomic mass is 10.2. The first kappa shape index (κ1) is 11.9. The number of nitrogen functional groups attached to an aromatic ring is 1. The minimum atomic E-state index is -1.63. The van der Waals surface area contributed by atoms with Crippen molar-refractivity contribution in [2.24, 2.45) is 0 Å². The highest BCUT2D eigenvalue weighted by atomic mass is 19.2. The van der Waals surface area contributed by atoms with Gasteiger partial charge in [-0.15, -0.1) is 0 Å².